The van der Waals surface area contributed by atoms with Crippen LogP contribution in [0.15, 0.2) is 74.6 Å². The van der Waals surface area contributed by atoms with Gasteiger partial charge in [0.05, 0.1) is 34.5 Å². The summed E-state index contributed by atoms with van der Waals surface area (Å²) in [4.78, 5) is 34.9. The Morgan fingerprint density at radius 1 is 1.15 bits per heavy atom. The zero-order chi connectivity index (χ0) is 29.0. The molecule has 210 valence electrons. The summed E-state index contributed by atoms with van der Waals surface area (Å²) in [7, 11) is 3.14. The third-order valence-electron chi connectivity index (χ3n) is 6.64. The molecule has 1 aliphatic rings. The van der Waals surface area contributed by atoms with E-state index in [-0.39, 0.29) is 11.5 Å². The first-order chi connectivity index (χ1) is 19.3. The topological polar surface area (TPSA) is 82.4 Å². The van der Waals surface area contributed by atoms with Crippen molar-refractivity contribution >= 4 is 39.2 Å². The predicted octanol–water partition coefficient (Wildman–Crippen LogP) is 4.45. The average Bonchev–Trinajstić information content (AvgIpc) is 3.25. The molecule has 1 amide bonds. The molecule has 0 radical (unpaired) electrons. The fourth-order valence-corrected chi connectivity index (χ4v) is 6.21. The van der Waals surface area contributed by atoms with E-state index in [2.05, 4.69) is 22.5 Å². The Morgan fingerprint density at radius 3 is 2.50 bits per heavy atom. The zero-order valence-electron chi connectivity index (χ0n) is 23.2. The van der Waals surface area contributed by atoms with Crippen molar-refractivity contribution < 1.29 is 19.0 Å². The molecule has 0 aliphatic carbocycles. The molecule has 0 bridgehead atoms. The summed E-state index contributed by atoms with van der Waals surface area (Å²) in [6.07, 6.45) is 3.49. The van der Waals surface area contributed by atoms with Gasteiger partial charge in [-0.15, -0.1) is 0 Å². The first-order valence-electron chi connectivity index (χ1n) is 12.8. The van der Waals surface area contributed by atoms with Crippen molar-refractivity contribution in [1.29, 1.82) is 0 Å². The lowest BCUT2D eigenvalue weighted by Gasteiger charge is -2.30. The summed E-state index contributed by atoms with van der Waals surface area (Å²) in [6.45, 7) is 10.8. The van der Waals surface area contributed by atoms with Crippen molar-refractivity contribution in [1.82, 2.24) is 9.47 Å². The summed E-state index contributed by atoms with van der Waals surface area (Å²) >= 11 is 4.82. The van der Waals surface area contributed by atoms with E-state index in [0.717, 1.165) is 10.0 Å². The van der Waals surface area contributed by atoms with Gasteiger partial charge in [-0.2, -0.15) is 0 Å². The van der Waals surface area contributed by atoms with Crippen LogP contribution in [0, 0.1) is 0 Å². The van der Waals surface area contributed by atoms with Crippen LogP contribution < -0.4 is 29.1 Å². The van der Waals surface area contributed by atoms with Gasteiger partial charge in [-0.1, -0.05) is 30.1 Å². The SMILES string of the molecule is C=CCOc1ccc(/C=c2/sc3n(c2=O)[C@@H](c2cc(OC)ccc2OC)C(C(=O)N(CC)CC)=C(C)N=3)cc1Br. The number of methoxy groups -OCH3 is 2. The molecule has 1 atom stereocenters. The highest BCUT2D eigenvalue weighted by atomic mass is 79.9. The standard InChI is InChI=1S/C30H32BrN3O5S/c1-7-14-39-24-12-10-19(15-22(24)31)16-25-28(35)34-27(21-17-20(37-5)11-13-23(21)38-6)26(18(4)32-30(34)40-25)29(36)33(8-2)9-3/h7,10-13,15-17,27H,1,8-9,14H2,2-6H3/b25-16+/t27-/m0/s1. The average molecular weight is 627 g/mol. The van der Waals surface area contributed by atoms with Crippen LogP contribution in [0.2, 0.25) is 0 Å². The number of halogens is 1. The number of carbonyl (C=O) groups excluding carboxylic acids is 1. The van der Waals surface area contributed by atoms with Gasteiger partial charge < -0.3 is 19.1 Å². The van der Waals surface area contributed by atoms with Gasteiger partial charge in [0.15, 0.2) is 4.80 Å². The highest BCUT2D eigenvalue weighted by Gasteiger charge is 2.36. The number of hydrogen-bond donors (Lipinski definition) is 0. The second kappa shape index (κ2) is 12.7. The minimum atomic E-state index is -0.752. The molecule has 40 heavy (non-hydrogen) atoms. The Balaban J connectivity index is 1.95. The molecular formula is C30H32BrN3O5S. The van der Waals surface area contributed by atoms with Gasteiger partial charge in [0.2, 0.25) is 0 Å². The van der Waals surface area contributed by atoms with Crippen LogP contribution >= 0.6 is 27.3 Å². The fourth-order valence-electron chi connectivity index (χ4n) is 4.65. The Kier molecular flexibility index (Phi) is 9.32. The Bertz CT molecular complexity index is 1650. The smallest absolute Gasteiger partial charge is 0.271 e. The van der Waals surface area contributed by atoms with Gasteiger partial charge in [0, 0.05) is 18.7 Å². The molecule has 2 aromatic carbocycles. The monoisotopic (exact) mass is 625 g/mol. The van der Waals surface area contributed by atoms with Crippen molar-refractivity contribution in [2.75, 3.05) is 33.9 Å². The zero-order valence-corrected chi connectivity index (χ0v) is 25.6. The van der Waals surface area contributed by atoms with E-state index >= 15 is 0 Å². The second-order valence-corrected chi connectivity index (χ2v) is 10.8. The largest absolute Gasteiger partial charge is 0.497 e. The number of thiazole rings is 1. The Hall–Kier alpha value is -3.63. The van der Waals surface area contributed by atoms with Gasteiger partial charge in [-0.25, -0.2) is 4.99 Å². The molecule has 10 heteroatoms. The van der Waals surface area contributed by atoms with Gasteiger partial charge in [0.1, 0.15) is 29.9 Å². The van der Waals surface area contributed by atoms with Crippen LogP contribution in [0.1, 0.15) is 37.9 Å². The maximum Gasteiger partial charge on any atom is 0.271 e. The summed E-state index contributed by atoms with van der Waals surface area (Å²) in [5, 5.41) is 0. The molecule has 1 aromatic heterocycles. The van der Waals surface area contributed by atoms with Crippen LogP contribution in [-0.4, -0.2) is 49.3 Å². The summed E-state index contributed by atoms with van der Waals surface area (Å²) in [5.41, 5.74) is 2.20. The van der Waals surface area contributed by atoms with Crippen LogP contribution in [0.3, 0.4) is 0 Å². The molecule has 0 saturated carbocycles. The molecule has 3 aromatic rings. The van der Waals surface area contributed by atoms with E-state index in [4.69, 9.17) is 19.2 Å². The number of hydrogen-bond acceptors (Lipinski definition) is 7. The lowest BCUT2D eigenvalue weighted by atomic mass is 9.93. The molecule has 2 heterocycles. The van der Waals surface area contributed by atoms with E-state index in [1.807, 2.05) is 51.1 Å². The molecule has 0 fully saturated rings. The quantitative estimate of drug-likeness (QED) is 0.311. The van der Waals surface area contributed by atoms with Crippen molar-refractivity contribution in [2.24, 2.45) is 4.99 Å². The van der Waals surface area contributed by atoms with Crippen molar-refractivity contribution in [2.45, 2.75) is 26.8 Å². The lowest BCUT2D eigenvalue weighted by molar-refractivity contribution is -0.127. The number of likely N-dealkylation sites (N-methyl/N-ethyl adjacent to an activating group) is 1. The van der Waals surface area contributed by atoms with E-state index in [1.165, 1.54) is 11.3 Å². The van der Waals surface area contributed by atoms with Crippen molar-refractivity contribution in [3.05, 3.63) is 95.6 Å². The number of fused-ring (bicyclic) bond motifs is 1. The van der Waals surface area contributed by atoms with Crippen LogP contribution in [-0.2, 0) is 4.79 Å². The number of nitrogens with zero attached hydrogens (tertiary/aromatic N) is 3. The van der Waals surface area contributed by atoms with Crippen LogP contribution in [0.5, 0.6) is 17.2 Å². The minimum Gasteiger partial charge on any atom is -0.497 e. The number of ether oxygens (including phenoxy) is 3. The highest BCUT2D eigenvalue weighted by Crippen LogP contribution is 2.38. The van der Waals surface area contributed by atoms with Crippen LogP contribution in [0.25, 0.3) is 6.08 Å². The second-order valence-electron chi connectivity index (χ2n) is 8.96. The summed E-state index contributed by atoms with van der Waals surface area (Å²) < 4.78 is 19.7. The van der Waals surface area contributed by atoms with E-state index in [1.54, 1.807) is 41.9 Å². The summed E-state index contributed by atoms with van der Waals surface area (Å²) in [6, 6.07) is 10.2. The number of allylic oxidation sites excluding steroid dienone is 1. The van der Waals surface area contributed by atoms with Gasteiger partial charge in [-0.3, -0.25) is 14.2 Å². The van der Waals surface area contributed by atoms with Crippen molar-refractivity contribution in [3.8, 4) is 17.2 Å². The van der Waals surface area contributed by atoms with E-state index in [9.17, 15) is 9.59 Å². The molecule has 8 nitrogen and oxygen atoms in total. The summed E-state index contributed by atoms with van der Waals surface area (Å²) in [5.74, 6) is 1.64. The third kappa shape index (κ3) is 5.64. The van der Waals surface area contributed by atoms with Crippen LogP contribution in [0.4, 0.5) is 0 Å². The Labute approximate surface area is 245 Å². The van der Waals surface area contributed by atoms with Gasteiger partial charge in [0.25, 0.3) is 11.5 Å². The number of benzene rings is 2. The predicted molar refractivity (Wildman–Crippen MR) is 161 cm³/mol. The first kappa shape index (κ1) is 29.4. The molecular weight excluding hydrogens is 594 g/mol. The first-order valence-corrected chi connectivity index (χ1v) is 14.5. The maximum absolute atomic E-state index is 14.0. The maximum atomic E-state index is 14.0. The number of aromatic nitrogens is 1. The van der Waals surface area contributed by atoms with E-state index < -0.39 is 6.04 Å². The number of rotatable bonds is 10. The number of amides is 1. The van der Waals surface area contributed by atoms with E-state index in [0.29, 0.717) is 63.1 Å². The normalized spacial score (nSPS) is 14.8. The Morgan fingerprint density at radius 2 is 1.88 bits per heavy atom. The molecule has 0 spiro atoms. The highest BCUT2D eigenvalue weighted by molar-refractivity contribution is 9.10. The molecule has 4 rings (SSSR count). The minimum absolute atomic E-state index is 0.172. The van der Waals surface area contributed by atoms with Gasteiger partial charge >= 0.3 is 0 Å². The molecule has 0 saturated heterocycles. The molecule has 0 N–H and O–H groups in total. The molecule has 0 unspecified atom stereocenters. The molecule has 1 aliphatic heterocycles. The lowest BCUT2D eigenvalue weighted by Crippen LogP contribution is -2.43. The fraction of sp³-hybridized carbons (Fsp3) is 0.300. The van der Waals surface area contributed by atoms with Gasteiger partial charge in [-0.05, 0) is 78.7 Å². The number of carbonyl (C=O) groups is 1. The van der Waals surface area contributed by atoms with Crippen molar-refractivity contribution in [3.63, 3.8) is 0 Å². The third-order valence-corrected chi connectivity index (χ3v) is 8.25.